The fourth-order valence-electron chi connectivity index (χ4n) is 4.34. The van der Waals surface area contributed by atoms with Crippen LogP contribution in [-0.2, 0) is 24.3 Å². The van der Waals surface area contributed by atoms with Gasteiger partial charge in [-0.1, -0.05) is 6.92 Å². The molecule has 1 fully saturated rings. The molecule has 2 rings (SSSR count). The Morgan fingerprint density at radius 2 is 1.75 bits per heavy atom. The molecule has 1 aromatic carbocycles. The maximum atomic E-state index is 13.7. The van der Waals surface area contributed by atoms with E-state index in [1.54, 1.807) is 38.1 Å². The topological polar surface area (TPSA) is 135 Å². The quantitative estimate of drug-likeness (QED) is 0.349. The lowest BCUT2D eigenvalue weighted by Gasteiger charge is -2.41. The summed E-state index contributed by atoms with van der Waals surface area (Å²) in [4.78, 5) is 27.0. The predicted octanol–water partition coefficient (Wildman–Crippen LogP) is 2.63. The third-order valence-corrected chi connectivity index (χ3v) is 7.93. The lowest BCUT2D eigenvalue weighted by Crippen LogP contribution is -2.58. The summed E-state index contributed by atoms with van der Waals surface area (Å²) in [5.41, 5.74) is 1.00. The molecule has 0 radical (unpaired) electrons. The molecule has 36 heavy (non-hydrogen) atoms. The number of piperidine rings is 1. The van der Waals surface area contributed by atoms with Gasteiger partial charge in [-0.3, -0.25) is 10.0 Å². The van der Waals surface area contributed by atoms with Crippen LogP contribution in [-0.4, -0.2) is 86.4 Å². The van der Waals surface area contributed by atoms with Gasteiger partial charge in [0.05, 0.1) is 18.1 Å². The van der Waals surface area contributed by atoms with Crippen molar-refractivity contribution < 1.29 is 37.4 Å². The lowest BCUT2D eigenvalue weighted by molar-refractivity contribution is -0.140. The van der Waals surface area contributed by atoms with Crippen molar-refractivity contribution in [2.45, 2.75) is 69.6 Å². The van der Waals surface area contributed by atoms with Gasteiger partial charge in [0.25, 0.3) is 5.91 Å². The highest BCUT2D eigenvalue weighted by atomic mass is 32.2. The smallest absolute Gasteiger partial charge is 0.410 e. The maximum Gasteiger partial charge on any atom is 0.410 e. The van der Waals surface area contributed by atoms with Gasteiger partial charge in [0, 0.05) is 26.7 Å². The van der Waals surface area contributed by atoms with Crippen LogP contribution in [0.1, 0.15) is 47.0 Å². The fourth-order valence-corrected chi connectivity index (χ4v) is 6.03. The molecule has 12 heteroatoms. The van der Waals surface area contributed by atoms with E-state index in [0.717, 1.165) is 4.31 Å². The molecule has 0 aliphatic carbocycles. The van der Waals surface area contributed by atoms with Crippen molar-refractivity contribution in [1.29, 1.82) is 0 Å². The predicted molar refractivity (Wildman–Crippen MR) is 132 cm³/mol. The number of amides is 2. The number of hydrogen-bond donors (Lipinski definition) is 2. The first-order valence-electron chi connectivity index (χ1n) is 12.0. The van der Waals surface area contributed by atoms with E-state index in [9.17, 15) is 23.2 Å². The highest BCUT2D eigenvalue weighted by molar-refractivity contribution is 7.89. The molecule has 1 saturated heterocycles. The molecular weight excluding hydrogens is 490 g/mol. The molecule has 1 heterocycles. The summed E-state index contributed by atoms with van der Waals surface area (Å²) >= 11 is 0. The van der Waals surface area contributed by atoms with E-state index in [-0.39, 0.29) is 17.4 Å². The molecule has 2 amide bonds. The van der Waals surface area contributed by atoms with Crippen LogP contribution in [0.4, 0.5) is 4.79 Å². The molecular formula is C24H39N3O8S. The zero-order valence-corrected chi connectivity index (χ0v) is 22.7. The van der Waals surface area contributed by atoms with Crippen molar-refractivity contribution in [3.8, 4) is 5.75 Å². The van der Waals surface area contributed by atoms with Crippen LogP contribution in [0.2, 0.25) is 0 Å². The molecule has 2 N–H and O–H groups in total. The normalized spacial score (nSPS) is 16.9. The number of carbonyl (C=O) groups excluding carboxylic acids is 2. The number of nitrogens with zero attached hydrogens (tertiary/aromatic N) is 2. The minimum Gasteiger partial charge on any atom is -0.497 e. The Bertz CT molecular complexity index is 970. The van der Waals surface area contributed by atoms with Gasteiger partial charge in [0.2, 0.25) is 10.0 Å². The van der Waals surface area contributed by atoms with E-state index in [1.165, 1.54) is 38.5 Å². The highest BCUT2D eigenvalue weighted by Crippen LogP contribution is 2.31. The van der Waals surface area contributed by atoms with Crippen molar-refractivity contribution in [1.82, 2.24) is 14.7 Å². The van der Waals surface area contributed by atoms with Crippen molar-refractivity contribution in [2.75, 3.05) is 33.9 Å². The van der Waals surface area contributed by atoms with Crippen molar-refractivity contribution in [2.24, 2.45) is 5.92 Å². The number of carbonyl (C=O) groups is 2. The van der Waals surface area contributed by atoms with Crippen LogP contribution < -0.4 is 10.2 Å². The average molecular weight is 530 g/mol. The first-order valence-corrected chi connectivity index (χ1v) is 13.4. The van der Waals surface area contributed by atoms with Crippen molar-refractivity contribution in [3.63, 3.8) is 0 Å². The van der Waals surface area contributed by atoms with Crippen LogP contribution in [0.15, 0.2) is 29.2 Å². The van der Waals surface area contributed by atoms with Gasteiger partial charge in [0.1, 0.15) is 17.4 Å². The number of benzene rings is 1. The number of rotatable bonds is 10. The number of nitrogens with one attached hydrogen (secondary N) is 1. The summed E-state index contributed by atoms with van der Waals surface area (Å²) in [5, 5.41) is 9.53. The Morgan fingerprint density at radius 1 is 1.17 bits per heavy atom. The summed E-state index contributed by atoms with van der Waals surface area (Å²) in [6.45, 7) is 7.94. The minimum atomic E-state index is -4.14. The number of hydroxylamine groups is 1. The minimum absolute atomic E-state index is 0.0120. The second-order valence-electron chi connectivity index (χ2n) is 9.72. The molecule has 1 aliphatic rings. The fraction of sp³-hybridized carbons (Fsp3) is 0.667. The Kier molecular flexibility index (Phi) is 10.5. The Hall–Kier alpha value is -2.41. The van der Waals surface area contributed by atoms with E-state index in [1.807, 2.05) is 0 Å². The highest BCUT2D eigenvalue weighted by Gasteiger charge is 2.45. The van der Waals surface area contributed by atoms with Gasteiger partial charge in [0.15, 0.2) is 0 Å². The molecule has 204 valence electrons. The number of ether oxygens (including phenoxy) is 3. The van der Waals surface area contributed by atoms with Gasteiger partial charge >= 0.3 is 6.09 Å². The van der Waals surface area contributed by atoms with Crippen LogP contribution >= 0.6 is 0 Å². The third-order valence-electron chi connectivity index (χ3n) is 6.04. The first kappa shape index (κ1) is 29.8. The zero-order chi connectivity index (χ0) is 27.1. The maximum absolute atomic E-state index is 13.7. The summed E-state index contributed by atoms with van der Waals surface area (Å²) < 4.78 is 44.7. The van der Waals surface area contributed by atoms with Crippen LogP contribution in [0.3, 0.4) is 0 Å². The standard InChI is InChI=1S/C24H39N3O8S/c1-7-14-27(36(31,32)19-10-8-18(33-5)9-11-19)20(22(28)25-30)21(34-6)17-12-15-26(16-13-17)23(29)35-24(2,3)4/h8-11,17,20-21,30H,7,12-16H2,1-6H3,(H,25,28). The van der Waals surface area contributed by atoms with Crippen LogP contribution in [0, 0.1) is 5.92 Å². The Morgan fingerprint density at radius 3 is 2.19 bits per heavy atom. The zero-order valence-electron chi connectivity index (χ0n) is 21.9. The molecule has 0 saturated carbocycles. The van der Waals surface area contributed by atoms with Crippen LogP contribution in [0.5, 0.6) is 5.75 Å². The third kappa shape index (κ3) is 7.31. The van der Waals surface area contributed by atoms with Crippen molar-refractivity contribution >= 4 is 22.0 Å². The Labute approximate surface area is 213 Å². The van der Waals surface area contributed by atoms with E-state index in [4.69, 9.17) is 14.2 Å². The molecule has 0 bridgehead atoms. The van der Waals surface area contributed by atoms with E-state index in [2.05, 4.69) is 0 Å². The average Bonchev–Trinajstić information content (AvgIpc) is 2.84. The molecule has 1 aromatic rings. The number of sulfonamides is 1. The largest absolute Gasteiger partial charge is 0.497 e. The van der Waals surface area contributed by atoms with Gasteiger partial charge < -0.3 is 19.1 Å². The Balaban J connectivity index is 2.34. The first-order chi connectivity index (χ1) is 16.9. The molecule has 2 atom stereocenters. The molecule has 0 aromatic heterocycles. The van der Waals surface area contributed by atoms with Gasteiger partial charge in [-0.05, 0) is 70.2 Å². The molecule has 1 aliphatic heterocycles. The van der Waals surface area contributed by atoms with E-state index in [0.29, 0.717) is 38.1 Å². The summed E-state index contributed by atoms with van der Waals surface area (Å²) in [6.07, 6.45) is 0.0788. The van der Waals surface area contributed by atoms with Gasteiger partial charge in [-0.25, -0.2) is 18.7 Å². The summed E-state index contributed by atoms with van der Waals surface area (Å²) in [6, 6.07) is 4.54. The summed E-state index contributed by atoms with van der Waals surface area (Å²) in [5.74, 6) is -0.643. The monoisotopic (exact) mass is 529 g/mol. The number of likely N-dealkylation sites (tertiary alicyclic amines) is 1. The SMILES string of the molecule is CCCN(C(C(=O)NO)C(OC)C1CCN(C(=O)OC(C)(C)C)CC1)S(=O)(=O)c1ccc(OC)cc1. The lowest BCUT2D eigenvalue weighted by atomic mass is 9.87. The summed E-state index contributed by atoms with van der Waals surface area (Å²) in [7, 11) is -1.25. The second kappa shape index (κ2) is 12.7. The number of hydrogen-bond acceptors (Lipinski definition) is 8. The van der Waals surface area contributed by atoms with Gasteiger partial charge in [-0.2, -0.15) is 4.31 Å². The second-order valence-corrected chi connectivity index (χ2v) is 11.6. The molecule has 11 nitrogen and oxygen atoms in total. The van der Waals surface area contributed by atoms with Gasteiger partial charge in [-0.15, -0.1) is 0 Å². The van der Waals surface area contributed by atoms with Crippen molar-refractivity contribution in [3.05, 3.63) is 24.3 Å². The molecule has 2 unspecified atom stereocenters. The van der Waals surface area contributed by atoms with E-state index >= 15 is 0 Å². The number of methoxy groups -OCH3 is 2. The molecule has 0 spiro atoms. The van der Waals surface area contributed by atoms with E-state index < -0.39 is 39.8 Å². The van der Waals surface area contributed by atoms with Crippen LogP contribution in [0.25, 0.3) is 0 Å².